The van der Waals surface area contributed by atoms with Crippen LogP contribution in [0.3, 0.4) is 0 Å². The fraction of sp³-hybridized carbons (Fsp3) is 0.579. The monoisotopic (exact) mass is 332 g/mol. The maximum Gasteiger partial charge on any atom is 0.192 e. The summed E-state index contributed by atoms with van der Waals surface area (Å²) in [6.45, 7) is 7.94. The van der Waals surface area contributed by atoms with Crippen LogP contribution in [0.5, 0.6) is 5.75 Å². The molecule has 2 heterocycles. The summed E-state index contributed by atoms with van der Waals surface area (Å²) in [7, 11) is 1.70. The molecule has 0 saturated carbocycles. The summed E-state index contributed by atoms with van der Waals surface area (Å²) in [5.41, 5.74) is 1.48. The van der Waals surface area contributed by atoms with Crippen molar-refractivity contribution >= 4 is 0 Å². The summed E-state index contributed by atoms with van der Waals surface area (Å²) in [5.74, 6) is 0.0798. The molecule has 4 rings (SSSR count). The third kappa shape index (κ3) is 2.09. The lowest BCUT2D eigenvalue weighted by Crippen LogP contribution is -2.54. The van der Waals surface area contributed by atoms with Crippen molar-refractivity contribution in [3.63, 3.8) is 0 Å². The van der Waals surface area contributed by atoms with Crippen LogP contribution in [0.15, 0.2) is 41.5 Å². The molecule has 1 aromatic rings. The molecule has 5 atom stereocenters. The second-order valence-corrected chi connectivity index (χ2v) is 7.15. The molecule has 1 aromatic carbocycles. The molecule has 1 aliphatic carbocycles. The standard InChI is InChI=1S/C19H24O5/c1-11-12(2)19(22-13-9-7-6-8-10-13)15(14(11)20-5)21-17-16(19)23-18(3,4)24-17/h6-10,14-17H,1-5H3/t14-,15-,16+,17-,19+/m1/s1. The van der Waals surface area contributed by atoms with Gasteiger partial charge in [-0.3, -0.25) is 0 Å². The van der Waals surface area contributed by atoms with Crippen LogP contribution in [0.1, 0.15) is 27.7 Å². The van der Waals surface area contributed by atoms with E-state index >= 15 is 0 Å². The van der Waals surface area contributed by atoms with Crippen LogP contribution in [0.4, 0.5) is 0 Å². The smallest absolute Gasteiger partial charge is 0.192 e. The lowest BCUT2D eigenvalue weighted by molar-refractivity contribution is -0.228. The molecule has 0 spiro atoms. The molecular formula is C19H24O5. The van der Waals surface area contributed by atoms with E-state index in [4.69, 9.17) is 23.7 Å². The Balaban J connectivity index is 1.80. The largest absolute Gasteiger partial charge is 0.477 e. The first-order chi connectivity index (χ1) is 11.4. The number of ether oxygens (including phenoxy) is 5. The minimum atomic E-state index is -0.745. The molecule has 0 amide bonds. The van der Waals surface area contributed by atoms with E-state index in [2.05, 4.69) is 13.8 Å². The Hall–Kier alpha value is -1.40. The molecule has 0 N–H and O–H groups in total. The Morgan fingerprint density at radius 1 is 1.00 bits per heavy atom. The Bertz CT molecular complexity index is 668. The van der Waals surface area contributed by atoms with Gasteiger partial charge in [-0.05, 0) is 51.0 Å². The summed E-state index contributed by atoms with van der Waals surface area (Å²) in [5, 5.41) is 0. The van der Waals surface area contributed by atoms with Gasteiger partial charge in [-0.2, -0.15) is 0 Å². The lowest BCUT2D eigenvalue weighted by Gasteiger charge is -2.36. The quantitative estimate of drug-likeness (QED) is 0.796. The highest BCUT2D eigenvalue weighted by Gasteiger charge is 2.71. The fourth-order valence-corrected chi connectivity index (χ4v) is 4.18. The normalized spacial score (nSPS) is 39.9. The first kappa shape index (κ1) is 16.1. The molecule has 2 saturated heterocycles. The highest BCUT2D eigenvalue weighted by Crippen LogP contribution is 2.54. The molecule has 0 unspecified atom stereocenters. The molecule has 2 fully saturated rings. The van der Waals surface area contributed by atoms with Crippen LogP contribution in [0.2, 0.25) is 0 Å². The van der Waals surface area contributed by atoms with E-state index in [0.717, 1.165) is 16.9 Å². The molecule has 0 bridgehead atoms. The highest BCUT2D eigenvalue weighted by molar-refractivity contribution is 5.42. The van der Waals surface area contributed by atoms with Gasteiger partial charge in [-0.25, -0.2) is 0 Å². The van der Waals surface area contributed by atoms with Crippen molar-refractivity contribution in [3.05, 3.63) is 41.5 Å². The Labute approximate surface area is 142 Å². The molecule has 0 radical (unpaired) electrons. The van der Waals surface area contributed by atoms with E-state index in [1.54, 1.807) is 7.11 Å². The molecule has 2 aliphatic heterocycles. The number of hydrogen-bond donors (Lipinski definition) is 0. The average Bonchev–Trinajstić information content (AvgIpc) is 3.06. The van der Waals surface area contributed by atoms with Gasteiger partial charge in [0.2, 0.25) is 0 Å². The maximum atomic E-state index is 6.54. The number of fused-ring (bicyclic) bond motifs is 3. The Kier molecular flexibility index (Phi) is 3.55. The second kappa shape index (κ2) is 5.30. The molecule has 24 heavy (non-hydrogen) atoms. The van der Waals surface area contributed by atoms with Gasteiger partial charge in [0.05, 0.1) is 0 Å². The van der Waals surface area contributed by atoms with E-state index in [0.29, 0.717) is 0 Å². The average molecular weight is 332 g/mol. The van der Waals surface area contributed by atoms with Gasteiger partial charge in [0.1, 0.15) is 18.0 Å². The van der Waals surface area contributed by atoms with Crippen LogP contribution >= 0.6 is 0 Å². The van der Waals surface area contributed by atoms with Gasteiger partial charge in [-0.1, -0.05) is 18.2 Å². The summed E-state index contributed by atoms with van der Waals surface area (Å²) < 4.78 is 30.6. The van der Waals surface area contributed by atoms with Crippen molar-refractivity contribution in [1.82, 2.24) is 0 Å². The number of para-hydroxylation sites is 1. The first-order valence-corrected chi connectivity index (χ1v) is 8.35. The van der Waals surface area contributed by atoms with E-state index in [9.17, 15) is 0 Å². The zero-order valence-electron chi connectivity index (χ0n) is 14.7. The van der Waals surface area contributed by atoms with E-state index < -0.39 is 17.7 Å². The number of benzene rings is 1. The first-order valence-electron chi connectivity index (χ1n) is 8.35. The van der Waals surface area contributed by atoms with Crippen molar-refractivity contribution in [3.8, 4) is 5.75 Å². The summed E-state index contributed by atoms with van der Waals surface area (Å²) >= 11 is 0. The van der Waals surface area contributed by atoms with E-state index in [-0.39, 0.29) is 18.3 Å². The van der Waals surface area contributed by atoms with Gasteiger partial charge in [-0.15, -0.1) is 0 Å². The molecule has 0 aromatic heterocycles. The van der Waals surface area contributed by atoms with Crippen molar-refractivity contribution in [2.75, 3.05) is 7.11 Å². The summed E-state index contributed by atoms with van der Waals surface area (Å²) in [6.07, 6.45) is -1.27. The van der Waals surface area contributed by atoms with E-state index in [1.165, 1.54) is 0 Å². The van der Waals surface area contributed by atoms with Crippen LogP contribution in [-0.4, -0.2) is 43.1 Å². The van der Waals surface area contributed by atoms with Crippen LogP contribution < -0.4 is 4.74 Å². The van der Waals surface area contributed by atoms with Crippen molar-refractivity contribution in [2.45, 2.75) is 63.7 Å². The lowest BCUT2D eigenvalue weighted by atomic mass is 9.88. The van der Waals surface area contributed by atoms with Crippen molar-refractivity contribution in [2.24, 2.45) is 0 Å². The third-order valence-electron chi connectivity index (χ3n) is 5.35. The molecule has 3 aliphatic rings. The molecule has 5 nitrogen and oxygen atoms in total. The topological polar surface area (TPSA) is 46.2 Å². The van der Waals surface area contributed by atoms with Crippen molar-refractivity contribution < 1.29 is 23.7 Å². The third-order valence-corrected chi connectivity index (χ3v) is 5.35. The van der Waals surface area contributed by atoms with Crippen LogP contribution in [-0.2, 0) is 18.9 Å². The Morgan fingerprint density at radius 2 is 1.71 bits per heavy atom. The number of methoxy groups -OCH3 is 1. The predicted octanol–water partition coefficient (Wildman–Crippen LogP) is 3.05. The van der Waals surface area contributed by atoms with Crippen LogP contribution in [0.25, 0.3) is 0 Å². The van der Waals surface area contributed by atoms with Crippen LogP contribution in [0, 0.1) is 0 Å². The molecular weight excluding hydrogens is 308 g/mol. The fourth-order valence-electron chi connectivity index (χ4n) is 4.18. The summed E-state index contributed by atoms with van der Waals surface area (Å²) in [6, 6.07) is 9.78. The van der Waals surface area contributed by atoms with Crippen molar-refractivity contribution in [1.29, 1.82) is 0 Å². The minimum absolute atomic E-state index is 0.172. The van der Waals surface area contributed by atoms with Gasteiger partial charge in [0.15, 0.2) is 23.8 Å². The summed E-state index contributed by atoms with van der Waals surface area (Å²) in [4.78, 5) is 0. The molecule has 5 heteroatoms. The second-order valence-electron chi connectivity index (χ2n) is 7.15. The molecule has 130 valence electrons. The number of hydrogen-bond acceptors (Lipinski definition) is 5. The Morgan fingerprint density at radius 3 is 2.38 bits per heavy atom. The maximum absolute atomic E-state index is 6.54. The zero-order chi connectivity index (χ0) is 17.1. The number of rotatable bonds is 3. The predicted molar refractivity (Wildman–Crippen MR) is 87.7 cm³/mol. The van der Waals surface area contributed by atoms with E-state index in [1.807, 2.05) is 44.2 Å². The van der Waals surface area contributed by atoms with Gasteiger partial charge in [0.25, 0.3) is 0 Å². The SMILES string of the molecule is CO[C@@H]1C(C)=C(C)[C@]2(Oc3ccccc3)[C@@H]1O[C@@H]1OC(C)(C)O[C@@H]12. The van der Waals surface area contributed by atoms with Gasteiger partial charge in [0, 0.05) is 7.11 Å². The van der Waals surface area contributed by atoms with Gasteiger partial charge < -0.3 is 23.7 Å². The highest BCUT2D eigenvalue weighted by atomic mass is 16.8. The van der Waals surface area contributed by atoms with Gasteiger partial charge >= 0.3 is 0 Å². The minimum Gasteiger partial charge on any atom is -0.477 e. The zero-order valence-corrected chi connectivity index (χ0v) is 14.7.